The summed E-state index contributed by atoms with van der Waals surface area (Å²) in [6, 6.07) is 4.35. The number of ether oxygens (including phenoxy) is 1. The minimum Gasteiger partial charge on any atom is -0.465 e. The van der Waals surface area contributed by atoms with Crippen molar-refractivity contribution in [1.29, 1.82) is 0 Å². The average Bonchev–Trinajstić information content (AvgIpc) is 2.44. The maximum Gasteiger partial charge on any atom is 0.323 e. The van der Waals surface area contributed by atoms with Gasteiger partial charge in [-0.05, 0) is 38.4 Å². The van der Waals surface area contributed by atoms with Crippen LogP contribution < -0.4 is 0 Å². The van der Waals surface area contributed by atoms with Crippen molar-refractivity contribution in [2.75, 3.05) is 13.2 Å². The molecule has 0 radical (unpaired) electrons. The van der Waals surface area contributed by atoms with Gasteiger partial charge in [0.1, 0.15) is 11.9 Å². The SMILES string of the molecule is CCOC(=O)C1CCCCN1Cc1c(F)cccc1Cl. The van der Waals surface area contributed by atoms with Crippen LogP contribution in [0.1, 0.15) is 31.7 Å². The van der Waals surface area contributed by atoms with Gasteiger partial charge in [0.2, 0.25) is 0 Å². The molecule has 1 saturated heterocycles. The van der Waals surface area contributed by atoms with Crippen molar-refractivity contribution >= 4 is 17.6 Å². The Labute approximate surface area is 123 Å². The normalized spacial score (nSPS) is 19.9. The molecule has 1 unspecified atom stereocenters. The Bertz CT molecular complexity index is 461. The van der Waals surface area contributed by atoms with Crippen molar-refractivity contribution in [2.45, 2.75) is 38.8 Å². The largest absolute Gasteiger partial charge is 0.465 e. The number of likely N-dealkylation sites (tertiary alicyclic amines) is 1. The zero-order chi connectivity index (χ0) is 14.5. The van der Waals surface area contributed by atoms with Crippen molar-refractivity contribution in [3.05, 3.63) is 34.6 Å². The lowest BCUT2D eigenvalue weighted by Crippen LogP contribution is -2.45. The van der Waals surface area contributed by atoms with Gasteiger partial charge in [0, 0.05) is 17.1 Å². The summed E-state index contributed by atoms with van der Waals surface area (Å²) in [5.41, 5.74) is 0.449. The summed E-state index contributed by atoms with van der Waals surface area (Å²) in [6.07, 6.45) is 2.75. The minimum absolute atomic E-state index is 0.223. The highest BCUT2D eigenvalue weighted by molar-refractivity contribution is 6.31. The van der Waals surface area contributed by atoms with Crippen LogP contribution >= 0.6 is 11.6 Å². The van der Waals surface area contributed by atoms with E-state index < -0.39 is 0 Å². The summed E-state index contributed by atoms with van der Waals surface area (Å²) in [5.74, 6) is -0.551. The Morgan fingerprint density at radius 3 is 3.00 bits per heavy atom. The second-order valence-corrected chi connectivity index (χ2v) is 5.34. The summed E-state index contributed by atoms with van der Waals surface area (Å²) in [5, 5.41) is 0.401. The molecule has 5 heteroatoms. The molecule has 1 aliphatic rings. The molecule has 20 heavy (non-hydrogen) atoms. The number of halogens is 2. The van der Waals surface area contributed by atoms with Crippen molar-refractivity contribution in [3.63, 3.8) is 0 Å². The molecule has 0 bridgehead atoms. The zero-order valence-corrected chi connectivity index (χ0v) is 12.3. The van der Waals surface area contributed by atoms with Crippen LogP contribution in [0.25, 0.3) is 0 Å². The lowest BCUT2D eigenvalue weighted by Gasteiger charge is -2.34. The van der Waals surface area contributed by atoms with E-state index in [2.05, 4.69) is 0 Å². The van der Waals surface area contributed by atoms with E-state index in [9.17, 15) is 9.18 Å². The van der Waals surface area contributed by atoms with Crippen LogP contribution in [0.5, 0.6) is 0 Å². The number of carbonyl (C=O) groups excluding carboxylic acids is 1. The third-order valence-electron chi connectivity index (χ3n) is 3.60. The van der Waals surface area contributed by atoms with Gasteiger partial charge >= 0.3 is 5.97 Å². The molecule has 0 amide bonds. The number of hydrogen-bond donors (Lipinski definition) is 0. The van der Waals surface area contributed by atoms with Crippen LogP contribution in [0.3, 0.4) is 0 Å². The Hall–Kier alpha value is -1.13. The molecular formula is C15H19ClFNO2. The fourth-order valence-electron chi connectivity index (χ4n) is 2.57. The van der Waals surface area contributed by atoms with E-state index in [0.29, 0.717) is 23.7 Å². The van der Waals surface area contributed by atoms with E-state index >= 15 is 0 Å². The molecule has 0 spiro atoms. The second kappa shape index (κ2) is 7.04. The lowest BCUT2D eigenvalue weighted by atomic mass is 10.0. The summed E-state index contributed by atoms with van der Waals surface area (Å²) < 4.78 is 19.0. The second-order valence-electron chi connectivity index (χ2n) is 4.93. The van der Waals surface area contributed by atoms with E-state index in [4.69, 9.17) is 16.3 Å². The Morgan fingerprint density at radius 2 is 2.30 bits per heavy atom. The molecule has 1 aliphatic heterocycles. The summed E-state index contributed by atoms with van der Waals surface area (Å²) in [7, 11) is 0. The molecule has 1 atom stereocenters. The zero-order valence-electron chi connectivity index (χ0n) is 11.6. The number of piperidine rings is 1. The summed E-state index contributed by atoms with van der Waals surface area (Å²) in [4.78, 5) is 13.9. The molecule has 1 fully saturated rings. The molecule has 0 aliphatic carbocycles. The first kappa shape index (κ1) is 15.3. The van der Waals surface area contributed by atoms with Gasteiger partial charge in [0.15, 0.2) is 0 Å². The van der Waals surface area contributed by atoms with Crippen molar-refractivity contribution in [2.24, 2.45) is 0 Å². The molecule has 0 aromatic heterocycles. The van der Waals surface area contributed by atoms with Crippen LogP contribution in [0.4, 0.5) is 4.39 Å². The van der Waals surface area contributed by atoms with Gasteiger partial charge in [-0.1, -0.05) is 24.1 Å². The van der Waals surface area contributed by atoms with E-state index in [-0.39, 0.29) is 17.8 Å². The van der Waals surface area contributed by atoms with E-state index in [0.717, 1.165) is 25.8 Å². The molecule has 2 rings (SSSR count). The van der Waals surface area contributed by atoms with Gasteiger partial charge in [0.25, 0.3) is 0 Å². The standard InChI is InChI=1S/C15H19ClFNO2/c1-2-20-15(19)14-8-3-4-9-18(14)10-11-12(16)6-5-7-13(11)17/h5-7,14H,2-4,8-10H2,1H3. The number of nitrogens with zero attached hydrogens (tertiary/aromatic N) is 1. The first-order valence-electron chi connectivity index (χ1n) is 6.97. The number of rotatable bonds is 4. The van der Waals surface area contributed by atoms with Crippen molar-refractivity contribution in [3.8, 4) is 0 Å². The molecule has 3 nitrogen and oxygen atoms in total. The number of benzene rings is 1. The monoisotopic (exact) mass is 299 g/mol. The van der Waals surface area contributed by atoms with Gasteiger partial charge in [-0.25, -0.2) is 4.39 Å². The smallest absolute Gasteiger partial charge is 0.323 e. The van der Waals surface area contributed by atoms with Crippen LogP contribution in [0.15, 0.2) is 18.2 Å². The lowest BCUT2D eigenvalue weighted by molar-refractivity contribution is -0.151. The molecular weight excluding hydrogens is 281 g/mol. The quantitative estimate of drug-likeness (QED) is 0.798. The fourth-order valence-corrected chi connectivity index (χ4v) is 2.79. The van der Waals surface area contributed by atoms with Crippen LogP contribution in [0, 0.1) is 5.82 Å². The van der Waals surface area contributed by atoms with Crippen molar-refractivity contribution < 1.29 is 13.9 Å². The fraction of sp³-hybridized carbons (Fsp3) is 0.533. The van der Waals surface area contributed by atoms with Crippen LogP contribution in [0.2, 0.25) is 5.02 Å². The van der Waals surface area contributed by atoms with Crippen LogP contribution in [-0.2, 0) is 16.1 Å². The predicted molar refractivity (Wildman–Crippen MR) is 76.1 cm³/mol. The average molecular weight is 300 g/mol. The van der Waals surface area contributed by atoms with Crippen molar-refractivity contribution in [1.82, 2.24) is 4.90 Å². The van der Waals surface area contributed by atoms with Gasteiger partial charge in [0.05, 0.1) is 6.61 Å². The van der Waals surface area contributed by atoms with Gasteiger partial charge < -0.3 is 4.74 Å². The van der Waals surface area contributed by atoms with Gasteiger partial charge in [-0.2, -0.15) is 0 Å². The third-order valence-corrected chi connectivity index (χ3v) is 3.95. The summed E-state index contributed by atoms with van der Waals surface area (Å²) in [6.45, 7) is 3.26. The Balaban J connectivity index is 2.14. The predicted octanol–water partition coefficient (Wildman–Crippen LogP) is 3.40. The summed E-state index contributed by atoms with van der Waals surface area (Å²) >= 11 is 6.05. The maximum absolute atomic E-state index is 13.9. The Kier molecular flexibility index (Phi) is 5.38. The van der Waals surface area contributed by atoms with Gasteiger partial charge in [-0.15, -0.1) is 0 Å². The van der Waals surface area contributed by atoms with E-state index in [1.54, 1.807) is 19.1 Å². The highest BCUT2D eigenvalue weighted by Crippen LogP contribution is 2.25. The highest BCUT2D eigenvalue weighted by Gasteiger charge is 2.30. The highest BCUT2D eigenvalue weighted by atomic mass is 35.5. The number of carbonyl (C=O) groups is 1. The first-order chi connectivity index (χ1) is 9.63. The number of esters is 1. The Morgan fingerprint density at radius 1 is 1.50 bits per heavy atom. The molecule has 1 heterocycles. The molecule has 110 valence electrons. The van der Waals surface area contributed by atoms with E-state index in [1.165, 1.54) is 6.07 Å². The van der Waals surface area contributed by atoms with E-state index in [1.807, 2.05) is 4.90 Å². The minimum atomic E-state index is -0.328. The van der Waals surface area contributed by atoms with Gasteiger partial charge in [-0.3, -0.25) is 9.69 Å². The van der Waals surface area contributed by atoms with Crippen LogP contribution in [-0.4, -0.2) is 30.1 Å². The topological polar surface area (TPSA) is 29.5 Å². The first-order valence-corrected chi connectivity index (χ1v) is 7.35. The number of hydrogen-bond acceptors (Lipinski definition) is 3. The molecule has 0 saturated carbocycles. The molecule has 1 aromatic carbocycles. The molecule has 1 aromatic rings. The molecule has 0 N–H and O–H groups in total. The third kappa shape index (κ3) is 3.49. The maximum atomic E-state index is 13.9.